The second kappa shape index (κ2) is 4.18. The van der Waals surface area contributed by atoms with E-state index in [1.165, 1.54) is 25.7 Å². The van der Waals surface area contributed by atoms with Gasteiger partial charge in [0.05, 0.1) is 0 Å². The molecule has 3 saturated carbocycles. The van der Waals surface area contributed by atoms with Gasteiger partial charge in [0.1, 0.15) is 0 Å². The first kappa shape index (κ1) is 12.1. The molecule has 1 aromatic rings. The molecule has 2 bridgehead atoms. The van der Waals surface area contributed by atoms with Crippen molar-refractivity contribution >= 4 is 17.8 Å². The topological polar surface area (TPSA) is 53.0 Å². The van der Waals surface area contributed by atoms with Crippen molar-refractivity contribution in [3.05, 3.63) is 30.3 Å². The number of carbonyl (C=O) groups is 1. The van der Waals surface area contributed by atoms with Crippen molar-refractivity contribution in [3.8, 4) is 0 Å². The number of para-hydroxylation sites is 1. The summed E-state index contributed by atoms with van der Waals surface area (Å²) in [5.74, 6) is 1.43. The highest BCUT2D eigenvalue weighted by Crippen LogP contribution is 2.74. The van der Waals surface area contributed by atoms with Crippen LogP contribution in [-0.4, -0.2) is 12.1 Å². The van der Waals surface area contributed by atoms with E-state index in [4.69, 9.17) is 5.41 Å². The third-order valence-corrected chi connectivity index (χ3v) is 5.94. The van der Waals surface area contributed by atoms with Gasteiger partial charge in [0.25, 0.3) is 0 Å². The fourth-order valence-electron chi connectivity index (χ4n) is 5.05. The minimum atomic E-state index is 0.0222. The van der Waals surface area contributed by atoms with Gasteiger partial charge in [0, 0.05) is 17.5 Å². The average molecular weight is 268 g/mol. The van der Waals surface area contributed by atoms with Crippen LogP contribution in [0.25, 0.3) is 0 Å². The van der Waals surface area contributed by atoms with Gasteiger partial charge in [0.15, 0.2) is 0 Å². The van der Waals surface area contributed by atoms with Crippen LogP contribution in [0.4, 0.5) is 5.69 Å². The third kappa shape index (κ3) is 1.52. The van der Waals surface area contributed by atoms with Crippen LogP contribution < -0.4 is 5.32 Å². The standard InChI is InChI=1S/C17H20N2O/c18-10-12-13-6-7-14(17(13)8-9-17)15(12)16(20)19-11-4-2-1-3-5-11/h1-5,10,12-15,18H,6-9H2,(H,19,20)/t12-,13+,14-,15-/m0/s1. The summed E-state index contributed by atoms with van der Waals surface area (Å²) >= 11 is 0. The van der Waals surface area contributed by atoms with Gasteiger partial charge in [-0.1, -0.05) is 18.2 Å². The van der Waals surface area contributed by atoms with Crippen molar-refractivity contribution in [3.63, 3.8) is 0 Å². The van der Waals surface area contributed by atoms with Crippen molar-refractivity contribution in [1.29, 1.82) is 5.41 Å². The minimum absolute atomic E-state index is 0.0222. The summed E-state index contributed by atoms with van der Waals surface area (Å²) in [6, 6.07) is 9.68. The fraction of sp³-hybridized carbons (Fsp3) is 0.529. The molecule has 0 unspecified atom stereocenters. The van der Waals surface area contributed by atoms with Gasteiger partial charge >= 0.3 is 0 Å². The zero-order chi connectivity index (χ0) is 13.7. The number of rotatable bonds is 3. The summed E-state index contributed by atoms with van der Waals surface area (Å²) in [5, 5.41) is 10.8. The summed E-state index contributed by atoms with van der Waals surface area (Å²) in [6.07, 6.45) is 6.52. The van der Waals surface area contributed by atoms with Crippen LogP contribution in [0.5, 0.6) is 0 Å². The second-order valence-corrected chi connectivity index (χ2v) is 6.65. The summed E-state index contributed by atoms with van der Waals surface area (Å²) in [6.45, 7) is 0. The first-order valence-electron chi connectivity index (χ1n) is 7.63. The lowest BCUT2D eigenvalue weighted by Crippen LogP contribution is -2.34. The Labute approximate surface area is 119 Å². The number of carbonyl (C=O) groups excluding carboxylic acids is 1. The van der Waals surface area contributed by atoms with Crippen molar-refractivity contribution in [2.24, 2.45) is 29.1 Å². The van der Waals surface area contributed by atoms with Crippen molar-refractivity contribution in [2.45, 2.75) is 25.7 Å². The van der Waals surface area contributed by atoms with E-state index in [1.807, 2.05) is 30.3 Å². The highest BCUT2D eigenvalue weighted by Gasteiger charge is 2.69. The molecule has 3 aliphatic carbocycles. The van der Waals surface area contributed by atoms with Crippen LogP contribution in [-0.2, 0) is 4.79 Å². The molecule has 0 aromatic heterocycles. The van der Waals surface area contributed by atoms with E-state index >= 15 is 0 Å². The average Bonchev–Trinajstić information content (AvgIpc) is 3.14. The van der Waals surface area contributed by atoms with Gasteiger partial charge in [-0.15, -0.1) is 0 Å². The van der Waals surface area contributed by atoms with Gasteiger partial charge in [-0.2, -0.15) is 0 Å². The lowest BCUT2D eigenvalue weighted by Gasteiger charge is -2.26. The van der Waals surface area contributed by atoms with E-state index < -0.39 is 0 Å². The Morgan fingerprint density at radius 3 is 2.55 bits per heavy atom. The van der Waals surface area contributed by atoms with E-state index in [1.54, 1.807) is 6.21 Å². The Hall–Kier alpha value is -1.64. The van der Waals surface area contributed by atoms with E-state index in [2.05, 4.69) is 5.32 Å². The lowest BCUT2D eigenvalue weighted by molar-refractivity contribution is -0.122. The molecule has 3 fully saturated rings. The second-order valence-electron chi connectivity index (χ2n) is 6.65. The maximum Gasteiger partial charge on any atom is 0.228 e. The molecule has 0 radical (unpaired) electrons. The van der Waals surface area contributed by atoms with Gasteiger partial charge < -0.3 is 10.7 Å². The number of benzene rings is 1. The summed E-state index contributed by atoms with van der Waals surface area (Å²) < 4.78 is 0. The Balaban J connectivity index is 1.58. The van der Waals surface area contributed by atoms with Gasteiger partial charge in [-0.3, -0.25) is 4.79 Å². The SMILES string of the molecule is N=C[C@@H]1[C@H](C(=O)Nc2ccccc2)[C@@H]2CC[C@H]1C21CC1. The molecule has 104 valence electrons. The molecule has 1 spiro atoms. The normalized spacial score (nSPS) is 36.0. The van der Waals surface area contributed by atoms with Crippen molar-refractivity contribution in [1.82, 2.24) is 0 Å². The van der Waals surface area contributed by atoms with Crippen LogP contribution >= 0.6 is 0 Å². The Bertz CT molecular complexity index is 549. The Morgan fingerprint density at radius 1 is 1.20 bits per heavy atom. The maximum absolute atomic E-state index is 12.7. The van der Waals surface area contributed by atoms with Gasteiger partial charge in [-0.05, 0) is 61.3 Å². The first-order chi connectivity index (χ1) is 9.76. The van der Waals surface area contributed by atoms with Crippen LogP contribution in [0, 0.1) is 34.5 Å². The molecule has 1 amide bonds. The Kier molecular flexibility index (Phi) is 2.53. The number of amides is 1. The zero-order valence-electron chi connectivity index (χ0n) is 11.5. The molecule has 3 nitrogen and oxygen atoms in total. The van der Waals surface area contributed by atoms with Crippen molar-refractivity contribution in [2.75, 3.05) is 5.32 Å². The molecule has 0 saturated heterocycles. The molecule has 3 heteroatoms. The molecule has 1 aromatic carbocycles. The molecule has 4 atom stereocenters. The smallest absolute Gasteiger partial charge is 0.228 e. The largest absolute Gasteiger partial charge is 0.326 e. The third-order valence-electron chi connectivity index (χ3n) is 5.94. The van der Waals surface area contributed by atoms with Crippen LogP contribution in [0.15, 0.2) is 30.3 Å². The van der Waals surface area contributed by atoms with E-state index in [9.17, 15) is 4.79 Å². The summed E-state index contributed by atoms with van der Waals surface area (Å²) in [7, 11) is 0. The monoisotopic (exact) mass is 268 g/mol. The molecule has 2 N–H and O–H groups in total. The molecule has 0 aliphatic heterocycles. The molecule has 3 aliphatic rings. The molecule has 0 heterocycles. The van der Waals surface area contributed by atoms with Crippen molar-refractivity contribution < 1.29 is 4.79 Å². The summed E-state index contributed by atoms with van der Waals surface area (Å²) in [4.78, 5) is 12.7. The number of hydrogen-bond donors (Lipinski definition) is 2. The fourth-order valence-corrected chi connectivity index (χ4v) is 5.05. The van der Waals surface area contributed by atoms with E-state index in [0.29, 0.717) is 17.3 Å². The number of anilines is 1. The zero-order valence-corrected chi connectivity index (χ0v) is 11.5. The first-order valence-corrected chi connectivity index (χ1v) is 7.63. The van der Waals surface area contributed by atoms with E-state index in [0.717, 1.165) is 5.69 Å². The van der Waals surface area contributed by atoms with Crippen LogP contribution in [0.1, 0.15) is 25.7 Å². The highest BCUT2D eigenvalue weighted by molar-refractivity contribution is 5.95. The molecule has 20 heavy (non-hydrogen) atoms. The number of hydrogen-bond acceptors (Lipinski definition) is 2. The highest BCUT2D eigenvalue weighted by atomic mass is 16.1. The molecular weight excluding hydrogens is 248 g/mol. The molecule has 4 rings (SSSR count). The molecular formula is C17H20N2O. The minimum Gasteiger partial charge on any atom is -0.326 e. The lowest BCUT2D eigenvalue weighted by atomic mass is 9.79. The van der Waals surface area contributed by atoms with Gasteiger partial charge in [0.2, 0.25) is 5.91 Å². The van der Waals surface area contributed by atoms with E-state index in [-0.39, 0.29) is 17.7 Å². The predicted molar refractivity (Wildman–Crippen MR) is 78.7 cm³/mol. The quantitative estimate of drug-likeness (QED) is 0.812. The Morgan fingerprint density at radius 2 is 1.90 bits per heavy atom. The summed E-state index contributed by atoms with van der Waals surface area (Å²) in [5.41, 5.74) is 1.30. The van der Waals surface area contributed by atoms with Gasteiger partial charge in [-0.25, -0.2) is 0 Å². The van der Waals surface area contributed by atoms with Crippen LogP contribution in [0.2, 0.25) is 0 Å². The maximum atomic E-state index is 12.7. The van der Waals surface area contributed by atoms with Crippen LogP contribution in [0.3, 0.4) is 0 Å². The number of nitrogens with one attached hydrogen (secondary N) is 2. The predicted octanol–water partition coefficient (Wildman–Crippen LogP) is 3.33.